The minimum absolute atomic E-state index is 0.208. The van der Waals surface area contributed by atoms with Crippen LogP contribution >= 0.6 is 0 Å². The molecule has 0 bridgehead atoms. The van der Waals surface area contributed by atoms with Crippen LogP contribution in [0.1, 0.15) is 39.2 Å². The van der Waals surface area contributed by atoms with Crippen LogP contribution in [-0.2, 0) is 11.3 Å². The standard InChI is InChI=1S/C19H27N3O2/c1-19(2,3)24-18(23)21-11-10-20-13-15-7-5-9-22(15)16-8-4-6-14(12-21)17(16)20/h4,6,8,15H,5,7,9-13H2,1-3H3. The van der Waals surface area contributed by atoms with Crippen molar-refractivity contribution in [1.82, 2.24) is 4.90 Å². The Hall–Kier alpha value is -1.91. The van der Waals surface area contributed by atoms with Crippen LogP contribution in [-0.4, -0.2) is 48.8 Å². The van der Waals surface area contributed by atoms with E-state index in [2.05, 4.69) is 28.0 Å². The van der Waals surface area contributed by atoms with Crippen molar-refractivity contribution in [2.24, 2.45) is 0 Å². The number of fused-ring (bicyclic) bond motifs is 2. The molecule has 1 aromatic rings. The number of amides is 1. The van der Waals surface area contributed by atoms with Gasteiger partial charge in [-0.1, -0.05) is 12.1 Å². The lowest BCUT2D eigenvalue weighted by molar-refractivity contribution is 0.0243. The summed E-state index contributed by atoms with van der Waals surface area (Å²) in [6, 6.07) is 7.16. The zero-order chi connectivity index (χ0) is 16.9. The smallest absolute Gasteiger partial charge is 0.410 e. The molecule has 130 valence electrons. The summed E-state index contributed by atoms with van der Waals surface area (Å²) in [6.07, 6.45) is 2.35. The molecule has 1 saturated heterocycles. The third-order valence-electron chi connectivity index (χ3n) is 5.18. The molecule has 0 saturated carbocycles. The van der Waals surface area contributed by atoms with Crippen molar-refractivity contribution in [3.8, 4) is 0 Å². The fourth-order valence-corrected chi connectivity index (χ4v) is 4.20. The molecule has 5 nitrogen and oxygen atoms in total. The van der Waals surface area contributed by atoms with E-state index < -0.39 is 5.60 Å². The van der Waals surface area contributed by atoms with E-state index in [1.54, 1.807) is 0 Å². The first kappa shape index (κ1) is 15.6. The van der Waals surface area contributed by atoms with Gasteiger partial charge in [-0.25, -0.2) is 4.79 Å². The molecule has 0 aliphatic carbocycles. The highest BCUT2D eigenvalue weighted by Gasteiger charge is 2.37. The van der Waals surface area contributed by atoms with Crippen LogP contribution in [0.15, 0.2) is 18.2 Å². The number of nitrogens with zero attached hydrogens (tertiary/aromatic N) is 3. The Labute approximate surface area is 144 Å². The molecule has 5 heteroatoms. The quantitative estimate of drug-likeness (QED) is 0.732. The molecule has 1 aromatic carbocycles. The zero-order valence-corrected chi connectivity index (χ0v) is 14.9. The molecule has 4 rings (SSSR count). The van der Waals surface area contributed by atoms with Gasteiger partial charge in [0.05, 0.1) is 17.9 Å². The largest absolute Gasteiger partial charge is 0.444 e. The molecule has 0 spiro atoms. The van der Waals surface area contributed by atoms with Crippen molar-refractivity contribution < 1.29 is 9.53 Å². The minimum atomic E-state index is -0.454. The van der Waals surface area contributed by atoms with E-state index in [1.165, 1.54) is 29.8 Å². The van der Waals surface area contributed by atoms with Crippen molar-refractivity contribution in [2.45, 2.75) is 51.8 Å². The van der Waals surface area contributed by atoms with Crippen LogP contribution in [0.5, 0.6) is 0 Å². The fourth-order valence-electron chi connectivity index (χ4n) is 4.20. The number of hydrogen-bond donors (Lipinski definition) is 0. The van der Waals surface area contributed by atoms with E-state index in [4.69, 9.17) is 4.74 Å². The summed E-state index contributed by atoms with van der Waals surface area (Å²) in [5.41, 5.74) is 3.47. The van der Waals surface area contributed by atoms with Gasteiger partial charge in [0.1, 0.15) is 5.60 Å². The molecule has 3 aliphatic rings. The second-order valence-corrected chi connectivity index (χ2v) is 8.12. The monoisotopic (exact) mass is 329 g/mol. The topological polar surface area (TPSA) is 36.0 Å². The molecule has 1 atom stereocenters. The lowest BCUT2D eigenvalue weighted by atomic mass is 10.0. The van der Waals surface area contributed by atoms with Crippen molar-refractivity contribution in [3.05, 3.63) is 23.8 Å². The highest BCUT2D eigenvalue weighted by Crippen LogP contribution is 2.42. The Bertz CT molecular complexity index is 653. The van der Waals surface area contributed by atoms with Gasteiger partial charge in [-0.3, -0.25) is 0 Å². The average Bonchev–Trinajstić information content (AvgIpc) is 2.89. The number of rotatable bonds is 0. The van der Waals surface area contributed by atoms with Crippen molar-refractivity contribution in [2.75, 3.05) is 36.0 Å². The summed E-state index contributed by atoms with van der Waals surface area (Å²) in [5.74, 6) is 0. The van der Waals surface area contributed by atoms with E-state index in [9.17, 15) is 4.79 Å². The third kappa shape index (κ3) is 2.70. The maximum absolute atomic E-state index is 12.5. The number of anilines is 2. The number of ether oxygens (including phenoxy) is 1. The normalized spacial score (nSPS) is 22.8. The molecule has 1 amide bonds. The maximum Gasteiger partial charge on any atom is 0.410 e. The third-order valence-corrected chi connectivity index (χ3v) is 5.18. The summed E-state index contributed by atoms with van der Waals surface area (Å²) >= 11 is 0. The number of para-hydroxylation sites is 1. The minimum Gasteiger partial charge on any atom is -0.444 e. The zero-order valence-electron chi connectivity index (χ0n) is 14.9. The second kappa shape index (κ2) is 5.57. The van der Waals surface area contributed by atoms with Crippen LogP contribution in [0.4, 0.5) is 16.2 Å². The van der Waals surface area contributed by atoms with E-state index in [0.29, 0.717) is 12.6 Å². The number of carbonyl (C=O) groups excluding carboxylic acids is 1. The number of benzene rings is 1. The highest BCUT2D eigenvalue weighted by atomic mass is 16.6. The Morgan fingerprint density at radius 3 is 2.83 bits per heavy atom. The molecule has 0 radical (unpaired) electrons. The van der Waals surface area contributed by atoms with Crippen LogP contribution in [0.25, 0.3) is 0 Å². The van der Waals surface area contributed by atoms with Gasteiger partial charge in [-0.05, 0) is 45.2 Å². The average molecular weight is 329 g/mol. The highest BCUT2D eigenvalue weighted by molar-refractivity contribution is 5.79. The van der Waals surface area contributed by atoms with Crippen LogP contribution in [0.3, 0.4) is 0 Å². The van der Waals surface area contributed by atoms with Crippen LogP contribution < -0.4 is 9.80 Å². The number of hydrogen-bond acceptors (Lipinski definition) is 4. The predicted octanol–water partition coefficient (Wildman–Crippen LogP) is 3.23. The summed E-state index contributed by atoms with van der Waals surface area (Å²) in [5, 5.41) is 0. The van der Waals surface area contributed by atoms with Gasteiger partial charge in [-0.2, -0.15) is 0 Å². The SMILES string of the molecule is CC(C)(C)OC(=O)N1CCN2CC3CCCN3c3cccc(c32)C1. The fraction of sp³-hybridized carbons (Fsp3) is 0.632. The van der Waals surface area contributed by atoms with Crippen LogP contribution in [0.2, 0.25) is 0 Å². The van der Waals surface area contributed by atoms with Gasteiger partial charge >= 0.3 is 6.09 Å². The van der Waals surface area contributed by atoms with E-state index in [0.717, 1.165) is 26.2 Å². The van der Waals surface area contributed by atoms with Gasteiger partial charge in [0.15, 0.2) is 0 Å². The molecule has 3 aliphatic heterocycles. The van der Waals surface area contributed by atoms with E-state index in [1.807, 2.05) is 25.7 Å². The summed E-state index contributed by atoms with van der Waals surface area (Å²) in [4.78, 5) is 19.4. The van der Waals surface area contributed by atoms with E-state index >= 15 is 0 Å². The van der Waals surface area contributed by atoms with Gasteiger partial charge in [0.2, 0.25) is 0 Å². The van der Waals surface area contributed by atoms with Crippen molar-refractivity contribution in [3.63, 3.8) is 0 Å². The Kier molecular flexibility index (Phi) is 3.62. The molecule has 24 heavy (non-hydrogen) atoms. The Balaban J connectivity index is 1.64. The number of carbonyl (C=O) groups is 1. The first-order valence-corrected chi connectivity index (χ1v) is 9.04. The Morgan fingerprint density at radius 2 is 2.04 bits per heavy atom. The van der Waals surface area contributed by atoms with Gasteiger partial charge < -0.3 is 19.4 Å². The lowest BCUT2D eigenvalue weighted by Crippen LogP contribution is -2.47. The molecule has 0 N–H and O–H groups in total. The van der Waals surface area contributed by atoms with Gasteiger partial charge in [-0.15, -0.1) is 0 Å². The van der Waals surface area contributed by atoms with Gasteiger partial charge in [0, 0.05) is 32.2 Å². The summed E-state index contributed by atoms with van der Waals surface area (Å²) in [7, 11) is 0. The molecule has 1 fully saturated rings. The van der Waals surface area contributed by atoms with Crippen molar-refractivity contribution >= 4 is 17.5 Å². The second-order valence-electron chi connectivity index (χ2n) is 8.12. The maximum atomic E-state index is 12.5. The molecule has 0 aromatic heterocycles. The molecular formula is C19H27N3O2. The first-order chi connectivity index (χ1) is 11.4. The molecular weight excluding hydrogens is 302 g/mol. The summed E-state index contributed by atoms with van der Waals surface area (Å²) < 4.78 is 5.60. The van der Waals surface area contributed by atoms with Gasteiger partial charge in [0.25, 0.3) is 0 Å². The first-order valence-electron chi connectivity index (χ1n) is 9.04. The molecule has 3 heterocycles. The van der Waals surface area contributed by atoms with Crippen LogP contribution in [0, 0.1) is 0 Å². The van der Waals surface area contributed by atoms with E-state index in [-0.39, 0.29) is 6.09 Å². The van der Waals surface area contributed by atoms with Crippen molar-refractivity contribution in [1.29, 1.82) is 0 Å². The lowest BCUT2D eigenvalue weighted by Gasteiger charge is -2.41. The Morgan fingerprint density at radius 1 is 1.21 bits per heavy atom. The predicted molar refractivity (Wildman–Crippen MR) is 95.7 cm³/mol. The molecule has 1 unspecified atom stereocenters. The summed E-state index contributed by atoms with van der Waals surface area (Å²) in [6.45, 7) is 10.2.